The van der Waals surface area contributed by atoms with Crippen molar-refractivity contribution in [1.82, 2.24) is 5.32 Å². The summed E-state index contributed by atoms with van der Waals surface area (Å²) in [6.45, 7) is -10.7. The average Bonchev–Trinajstić information content (AvgIpc) is 2.57. The first-order valence-corrected chi connectivity index (χ1v) is 5.38. The molecule has 0 saturated heterocycles. The molecule has 1 aromatic carbocycles. The standard InChI is InChI=1S/C15H25NO3/c1-12(2)16-10-14(17)11-19-15-6-4-13(5-7-15)8-9-18-3/h4-7,12,14,16-17H,8-11H2,1-3H3/i1D3,3D3,8D2,9D2,10D2,11D2. The quantitative estimate of drug-likeness (QED) is 0.722. The third-order valence-corrected chi connectivity index (χ3v) is 1.83. The van der Waals surface area contributed by atoms with E-state index in [1.807, 2.05) is 5.32 Å². The van der Waals surface area contributed by atoms with Crippen LogP contribution in [0.4, 0.5) is 0 Å². The topological polar surface area (TPSA) is 50.7 Å². The first-order chi connectivity index (χ1) is 14.4. The predicted octanol–water partition coefficient (Wildman–Crippen LogP) is 1.61. The van der Waals surface area contributed by atoms with Crippen LogP contribution in [-0.4, -0.2) is 43.9 Å². The van der Waals surface area contributed by atoms with Gasteiger partial charge in [-0.2, -0.15) is 0 Å². The van der Waals surface area contributed by atoms with Crippen molar-refractivity contribution in [2.45, 2.75) is 32.3 Å². The Hall–Kier alpha value is -1.10. The molecule has 0 radical (unpaired) electrons. The maximum absolute atomic E-state index is 10.2. The Balaban J connectivity index is 3.05. The molecule has 2 atom stereocenters. The molecule has 0 aliphatic heterocycles. The fraction of sp³-hybridized carbons (Fsp3) is 0.600. The van der Waals surface area contributed by atoms with Crippen molar-refractivity contribution in [3.05, 3.63) is 29.8 Å². The number of aliphatic hydroxyl groups excluding tert-OH is 1. The minimum Gasteiger partial charge on any atom is -0.491 e. The summed E-state index contributed by atoms with van der Waals surface area (Å²) < 4.78 is 114. The van der Waals surface area contributed by atoms with Crippen molar-refractivity contribution in [2.75, 3.05) is 26.7 Å². The lowest BCUT2D eigenvalue weighted by Crippen LogP contribution is -2.35. The van der Waals surface area contributed by atoms with Gasteiger partial charge in [-0.1, -0.05) is 25.9 Å². The fourth-order valence-corrected chi connectivity index (χ4v) is 1.05. The summed E-state index contributed by atoms with van der Waals surface area (Å²) in [6, 6.07) is 2.52. The van der Waals surface area contributed by atoms with Crippen LogP contribution < -0.4 is 10.1 Å². The summed E-state index contributed by atoms with van der Waals surface area (Å²) in [4.78, 5) is 0. The molecule has 1 aromatic rings. The zero-order valence-electron chi connectivity index (χ0n) is 24.2. The van der Waals surface area contributed by atoms with Crippen LogP contribution in [0.15, 0.2) is 24.3 Å². The van der Waals surface area contributed by atoms with Crippen molar-refractivity contribution in [3.8, 4) is 5.75 Å². The van der Waals surface area contributed by atoms with Crippen LogP contribution in [-0.2, 0) is 11.1 Å². The highest BCUT2D eigenvalue weighted by atomic mass is 16.5. The molecule has 4 heteroatoms. The Morgan fingerprint density at radius 1 is 1.42 bits per heavy atom. The Labute approximate surface area is 135 Å². The molecule has 1 rings (SSSR count). The molecule has 0 spiro atoms. The van der Waals surface area contributed by atoms with Crippen molar-refractivity contribution < 1.29 is 33.8 Å². The second-order valence-corrected chi connectivity index (χ2v) is 3.49. The smallest absolute Gasteiger partial charge is 0.119 e. The van der Waals surface area contributed by atoms with Crippen molar-refractivity contribution >= 4 is 0 Å². The molecule has 0 fully saturated rings. The maximum atomic E-state index is 10.2. The van der Waals surface area contributed by atoms with E-state index in [4.69, 9.17) is 23.9 Å². The molecule has 0 heterocycles. The summed E-state index contributed by atoms with van der Waals surface area (Å²) >= 11 is 0. The molecule has 108 valence electrons. The number of ether oxygens (including phenoxy) is 2. The number of benzene rings is 1. The maximum Gasteiger partial charge on any atom is 0.119 e. The van der Waals surface area contributed by atoms with Gasteiger partial charge in [0.15, 0.2) is 0 Å². The van der Waals surface area contributed by atoms with Gasteiger partial charge in [0, 0.05) is 29.2 Å². The number of hydrogen-bond acceptors (Lipinski definition) is 4. The predicted molar refractivity (Wildman–Crippen MR) is 76.7 cm³/mol. The summed E-state index contributed by atoms with van der Waals surface area (Å²) in [5.41, 5.74) is -0.367. The molecule has 4 nitrogen and oxygen atoms in total. The number of methoxy groups -OCH3 is 1. The van der Waals surface area contributed by atoms with Crippen molar-refractivity contribution in [1.29, 1.82) is 0 Å². The number of hydrogen-bond donors (Lipinski definition) is 2. The summed E-state index contributed by atoms with van der Waals surface area (Å²) in [6.07, 6.45) is -5.44. The monoisotopic (exact) mass is 281 g/mol. The minimum absolute atomic E-state index is 0.310. The SMILES string of the molecule is [2H]C([2H])([2H])OC([2H])([2H])C([2H])([2H])c1ccc(OC([2H])([2H])C(O)C([2H])([2H])NC(C)C([2H])([2H])[2H])cc1. The highest BCUT2D eigenvalue weighted by Crippen LogP contribution is 2.12. The van der Waals surface area contributed by atoms with Crippen LogP contribution in [0, 0.1) is 0 Å². The van der Waals surface area contributed by atoms with Gasteiger partial charge in [-0.15, -0.1) is 0 Å². The first-order valence-electron chi connectivity index (χ1n) is 12.4. The van der Waals surface area contributed by atoms with Gasteiger partial charge in [-0.05, 0) is 24.1 Å². The summed E-state index contributed by atoms with van der Waals surface area (Å²) in [5.74, 6) is -0.310. The highest BCUT2D eigenvalue weighted by molar-refractivity contribution is 5.27. The lowest BCUT2D eigenvalue weighted by atomic mass is 10.1. The summed E-state index contributed by atoms with van der Waals surface area (Å²) in [7, 11) is -3.21. The van der Waals surface area contributed by atoms with Crippen LogP contribution >= 0.6 is 0 Å². The average molecular weight is 281 g/mol. The second kappa shape index (κ2) is 8.91. The van der Waals surface area contributed by atoms with Gasteiger partial charge in [0.05, 0.1) is 16.2 Å². The molecule has 0 aliphatic rings. The van der Waals surface area contributed by atoms with E-state index >= 15 is 0 Å². The van der Waals surface area contributed by atoms with E-state index in [-0.39, 0.29) is 11.3 Å². The molecule has 0 bridgehead atoms. The van der Waals surface area contributed by atoms with Crippen LogP contribution in [0.3, 0.4) is 0 Å². The largest absolute Gasteiger partial charge is 0.491 e. The number of aliphatic hydroxyl groups is 1. The number of nitrogens with one attached hydrogen (secondary N) is 1. The van der Waals surface area contributed by atoms with Gasteiger partial charge in [-0.3, -0.25) is 0 Å². The lowest BCUT2D eigenvalue weighted by Gasteiger charge is -2.15. The zero-order valence-corrected chi connectivity index (χ0v) is 10.2. The highest BCUT2D eigenvalue weighted by Gasteiger charge is 2.05. The Morgan fingerprint density at radius 2 is 2.21 bits per heavy atom. The third-order valence-electron chi connectivity index (χ3n) is 1.83. The van der Waals surface area contributed by atoms with E-state index in [2.05, 4.69) is 4.74 Å². The lowest BCUT2D eigenvalue weighted by molar-refractivity contribution is 0.104. The van der Waals surface area contributed by atoms with Crippen LogP contribution in [0.25, 0.3) is 0 Å². The van der Waals surface area contributed by atoms with Gasteiger partial charge >= 0.3 is 0 Å². The Morgan fingerprint density at radius 3 is 2.89 bits per heavy atom. The number of aryl methyl sites for hydroxylation is 1. The molecule has 0 aromatic heterocycles. The van der Waals surface area contributed by atoms with E-state index in [9.17, 15) is 5.11 Å². The van der Waals surface area contributed by atoms with Gasteiger partial charge in [0.25, 0.3) is 0 Å². The van der Waals surface area contributed by atoms with E-state index in [1.165, 1.54) is 0 Å². The second-order valence-electron chi connectivity index (χ2n) is 3.49. The molecular formula is C15H25NO3. The fourth-order valence-electron chi connectivity index (χ4n) is 1.05. The van der Waals surface area contributed by atoms with Gasteiger partial charge in [-0.25, -0.2) is 0 Å². The van der Waals surface area contributed by atoms with Gasteiger partial charge in [0.1, 0.15) is 18.4 Å². The van der Waals surface area contributed by atoms with Crippen molar-refractivity contribution in [3.63, 3.8) is 0 Å². The van der Waals surface area contributed by atoms with Gasteiger partial charge in [0.2, 0.25) is 0 Å². The molecule has 2 unspecified atom stereocenters. The van der Waals surface area contributed by atoms with Crippen LogP contribution in [0.5, 0.6) is 5.75 Å². The van der Waals surface area contributed by atoms with E-state index in [0.717, 1.165) is 31.2 Å². The zero-order chi connectivity index (χ0) is 26.3. The molecule has 19 heavy (non-hydrogen) atoms. The molecule has 2 N–H and O–H groups in total. The molecule has 0 amide bonds. The molecular weight excluding hydrogens is 242 g/mol. The van der Waals surface area contributed by atoms with E-state index < -0.39 is 52.0 Å². The van der Waals surface area contributed by atoms with Gasteiger partial charge < -0.3 is 19.9 Å². The van der Waals surface area contributed by atoms with Crippen LogP contribution in [0.1, 0.15) is 38.5 Å². The van der Waals surface area contributed by atoms with E-state index in [1.54, 1.807) is 0 Å². The normalized spacial score (nSPS) is 29.4. The Kier molecular flexibility index (Phi) is 2.36. The van der Waals surface area contributed by atoms with E-state index in [0.29, 0.717) is 0 Å². The number of rotatable bonds is 9. The Bertz CT molecular complexity index is 791. The van der Waals surface area contributed by atoms with Crippen LogP contribution in [0.2, 0.25) is 0 Å². The minimum atomic E-state index is -3.26. The molecule has 0 aliphatic carbocycles. The van der Waals surface area contributed by atoms with Crippen molar-refractivity contribution in [2.24, 2.45) is 0 Å². The first kappa shape index (κ1) is 5.02. The third kappa shape index (κ3) is 7.15. The molecule has 0 saturated carbocycles. The summed E-state index contributed by atoms with van der Waals surface area (Å²) in [5, 5.41) is 12.2.